The van der Waals surface area contributed by atoms with Crippen LogP contribution < -0.4 is 5.73 Å². The van der Waals surface area contributed by atoms with Crippen molar-refractivity contribution in [3.05, 3.63) is 0 Å². The number of piperidine rings is 1. The minimum absolute atomic E-state index is 0.0144. The molecule has 0 radical (unpaired) electrons. The molecule has 0 bridgehead atoms. The smallest absolute Gasteiger partial charge is 0.342 e. The van der Waals surface area contributed by atoms with Gasteiger partial charge in [0.05, 0.1) is 11.3 Å². The van der Waals surface area contributed by atoms with E-state index in [9.17, 15) is 18.0 Å². The molecule has 2 fully saturated rings. The summed E-state index contributed by atoms with van der Waals surface area (Å²) in [6.07, 6.45) is -1.63. The van der Waals surface area contributed by atoms with Gasteiger partial charge in [-0.25, -0.2) is 0 Å². The first kappa shape index (κ1) is 14.6. The quantitative estimate of drug-likeness (QED) is 0.800. The Morgan fingerprint density at radius 2 is 1.84 bits per heavy atom. The number of nitrogens with two attached hydrogens (primary N) is 1. The van der Waals surface area contributed by atoms with Gasteiger partial charge in [0.2, 0.25) is 5.91 Å². The SMILES string of the molecule is CC1(C(=O)N2CCC(C(F)(F)F)CC2)CCCC1N. The fourth-order valence-corrected chi connectivity index (χ4v) is 3.23. The standard InChI is InChI=1S/C13H21F3N2O/c1-12(6-2-3-10(12)17)11(19)18-7-4-9(5-8-18)13(14,15)16/h9-10H,2-8,17H2,1H3. The molecule has 1 amide bonds. The summed E-state index contributed by atoms with van der Waals surface area (Å²) in [5.74, 6) is -1.32. The maximum Gasteiger partial charge on any atom is 0.391 e. The third kappa shape index (κ3) is 2.73. The number of rotatable bonds is 1. The van der Waals surface area contributed by atoms with Crippen LogP contribution in [0.5, 0.6) is 0 Å². The predicted octanol–water partition coefficient (Wildman–Crippen LogP) is 2.30. The molecule has 0 spiro atoms. The summed E-state index contributed by atoms with van der Waals surface area (Å²) in [4.78, 5) is 14.0. The molecule has 2 atom stereocenters. The minimum Gasteiger partial charge on any atom is -0.342 e. The molecule has 1 aliphatic carbocycles. The second kappa shape index (κ2) is 4.96. The van der Waals surface area contributed by atoms with Crippen LogP contribution in [-0.2, 0) is 4.79 Å². The number of likely N-dealkylation sites (tertiary alicyclic amines) is 1. The van der Waals surface area contributed by atoms with Gasteiger partial charge in [-0.1, -0.05) is 6.42 Å². The maximum absolute atomic E-state index is 12.6. The molecule has 1 saturated carbocycles. The number of hydrogen-bond acceptors (Lipinski definition) is 2. The molecule has 6 heteroatoms. The summed E-state index contributed by atoms with van der Waals surface area (Å²) in [5, 5.41) is 0. The Labute approximate surface area is 111 Å². The Bertz CT molecular complexity index is 350. The van der Waals surface area contributed by atoms with Crippen LogP contribution in [0.3, 0.4) is 0 Å². The fraction of sp³-hybridized carbons (Fsp3) is 0.923. The van der Waals surface area contributed by atoms with Crippen LogP contribution in [0.25, 0.3) is 0 Å². The van der Waals surface area contributed by atoms with E-state index in [1.807, 2.05) is 6.92 Å². The van der Waals surface area contributed by atoms with Gasteiger partial charge in [-0.3, -0.25) is 4.79 Å². The van der Waals surface area contributed by atoms with E-state index in [1.165, 1.54) is 0 Å². The van der Waals surface area contributed by atoms with Crippen molar-refractivity contribution in [3.63, 3.8) is 0 Å². The molecule has 19 heavy (non-hydrogen) atoms. The first-order valence-corrected chi connectivity index (χ1v) is 6.87. The normalized spacial score (nSPS) is 33.7. The van der Waals surface area contributed by atoms with E-state index in [0.717, 1.165) is 19.3 Å². The number of halogens is 3. The maximum atomic E-state index is 12.6. The van der Waals surface area contributed by atoms with E-state index in [4.69, 9.17) is 5.73 Å². The Morgan fingerprint density at radius 1 is 1.26 bits per heavy atom. The molecule has 2 rings (SSSR count). The molecule has 0 aromatic rings. The summed E-state index contributed by atoms with van der Waals surface area (Å²) in [6.45, 7) is 2.25. The number of nitrogens with zero attached hydrogens (tertiary/aromatic N) is 1. The lowest BCUT2D eigenvalue weighted by Crippen LogP contribution is -2.52. The summed E-state index contributed by atoms with van der Waals surface area (Å²) in [5.41, 5.74) is 5.41. The van der Waals surface area contributed by atoms with Crippen molar-refractivity contribution < 1.29 is 18.0 Å². The number of alkyl halides is 3. The lowest BCUT2D eigenvalue weighted by Gasteiger charge is -2.38. The highest BCUT2D eigenvalue weighted by molar-refractivity contribution is 5.83. The van der Waals surface area contributed by atoms with E-state index in [-0.39, 0.29) is 37.9 Å². The number of carbonyl (C=O) groups is 1. The Balaban J connectivity index is 1.96. The topological polar surface area (TPSA) is 46.3 Å². The summed E-state index contributed by atoms with van der Waals surface area (Å²) in [7, 11) is 0. The van der Waals surface area contributed by atoms with Gasteiger partial charge in [0.15, 0.2) is 0 Å². The molecule has 3 nitrogen and oxygen atoms in total. The zero-order valence-corrected chi connectivity index (χ0v) is 11.2. The predicted molar refractivity (Wildman–Crippen MR) is 65.3 cm³/mol. The van der Waals surface area contributed by atoms with E-state index < -0.39 is 17.5 Å². The molecule has 2 aliphatic rings. The number of hydrogen-bond donors (Lipinski definition) is 1. The number of carbonyl (C=O) groups excluding carboxylic acids is 1. The molecule has 1 heterocycles. The zero-order chi connectivity index (χ0) is 14.3. The van der Waals surface area contributed by atoms with E-state index in [1.54, 1.807) is 4.90 Å². The molecule has 2 unspecified atom stereocenters. The summed E-state index contributed by atoms with van der Waals surface area (Å²) in [6, 6.07) is -0.166. The Kier molecular flexibility index (Phi) is 3.82. The van der Waals surface area contributed by atoms with Crippen LogP contribution in [0.2, 0.25) is 0 Å². The zero-order valence-electron chi connectivity index (χ0n) is 11.2. The van der Waals surface area contributed by atoms with Crippen LogP contribution in [0, 0.1) is 11.3 Å². The largest absolute Gasteiger partial charge is 0.391 e. The molecule has 1 saturated heterocycles. The van der Waals surface area contributed by atoms with Crippen LogP contribution in [0.1, 0.15) is 39.0 Å². The van der Waals surface area contributed by atoms with Crippen LogP contribution >= 0.6 is 0 Å². The van der Waals surface area contributed by atoms with Crippen LogP contribution in [-0.4, -0.2) is 36.1 Å². The van der Waals surface area contributed by atoms with E-state index in [0.29, 0.717) is 0 Å². The van der Waals surface area contributed by atoms with Gasteiger partial charge in [-0.05, 0) is 32.6 Å². The van der Waals surface area contributed by atoms with Crippen LogP contribution in [0.15, 0.2) is 0 Å². The highest BCUT2D eigenvalue weighted by Crippen LogP contribution is 2.40. The first-order valence-electron chi connectivity index (χ1n) is 6.87. The lowest BCUT2D eigenvalue weighted by molar-refractivity contribution is -0.187. The molecule has 110 valence electrons. The average Bonchev–Trinajstić information content (AvgIpc) is 2.69. The monoisotopic (exact) mass is 278 g/mol. The van der Waals surface area contributed by atoms with Gasteiger partial charge in [0.1, 0.15) is 0 Å². The van der Waals surface area contributed by atoms with Gasteiger partial charge in [-0.2, -0.15) is 13.2 Å². The van der Waals surface area contributed by atoms with Gasteiger partial charge in [0.25, 0.3) is 0 Å². The Hall–Kier alpha value is -0.780. The van der Waals surface area contributed by atoms with Crippen molar-refractivity contribution in [1.82, 2.24) is 4.90 Å². The summed E-state index contributed by atoms with van der Waals surface area (Å²) >= 11 is 0. The van der Waals surface area contributed by atoms with Gasteiger partial charge in [-0.15, -0.1) is 0 Å². The number of amides is 1. The van der Waals surface area contributed by atoms with Crippen molar-refractivity contribution in [1.29, 1.82) is 0 Å². The third-order valence-corrected chi connectivity index (χ3v) is 4.76. The molecule has 2 N–H and O–H groups in total. The molecule has 0 aromatic carbocycles. The molecule has 0 aromatic heterocycles. The first-order chi connectivity index (χ1) is 8.75. The van der Waals surface area contributed by atoms with E-state index in [2.05, 4.69) is 0 Å². The van der Waals surface area contributed by atoms with Crippen molar-refractivity contribution in [2.24, 2.45) is 17.1 Å². The van der Waals surface area contributed by atoms with Crippen molar-refractivity contribution in [2.45, 2.75) is 51.2 Å². The highest BCUT2D eigenvalue weighted by Gasteiger charge is 2.47. The Morgan fingerprint density at radius 3 is 2.26 bits per heavy atom. The molecular formula is C13H21F3N2O. The minimum atomic E-state index is -4.14. The fourth-order valence-electron chi connectivity index (χ4n) is 3.23. The van der Waals surface area contributed by atoms with Gasteiger partial charge in [0, 0.05) is 19.1 Å². The third-order valence-electron chi connectivity index (χ3n) is 4.76. The lowest BCUT2D eigenvalue weighted by atomic mass is 9.82. The van der Waals surface area contributed by atoms with Crippen LogP contribution in [0.4, 0.5) is 13.2 Å². The summed E-state index contributed by atoms with van der Waals surface area (Å²) < 4.78 is 37.8. The van der Waals surface area contributed by atoms with Crippen molar-refractivity contribution in [2.75, 3.05) is 13.1 Å². The van der Waals surface area contributed by atoms with Gasteiger partial charge >= 0.3 is 6.18 Å². The molecular weight excluding hydrogens is 257 g/mol. The second-order valence-electron chi connectivity index (χ2n) is 6.02. The van der Waals surface area contributed by atoms with Crippen molar-refractivity contribution in [3.8, 4) is 0 Å². The van der Waals surface area contributed by atoms with Gasteiger partial charge < -0.3 is 10.6 Å². The second-order valence-corrected chi connectivity index (χ2v) is 6.02. The molecule has 1 aliphatic heterocycles. The van der Waals surface area contributed by atoms with Crippen molar-refractivity contribution >= 4 is 5.91 Å². The highest BCUT2D eigenvalue weighted by atomic mass is 19.4. The average molecular weight is 278 g/mol. The van der Waals surface area contributed by atoms with E-state index >= 15 is 0 Å².